The van der Waals surface area contributed by atoms with Crippen molar-refractivity contribution in [1.82, 2.24) is 0 Å². The quantitative estimate of drug-likeness (QED) is 0.519. The molecular formula is C19H25NO. The third-order valence-corrected chi connectivity index (χ3v) is 3.11. The van der Waals surface area contributed by atoms with Gasteiger partial charge >= 0.3 is 0 Å². The summed E-state index contributed by atoms with van der Waals surface area (Å²) in [7, 11) is 1.71. The largest absolute Gasteiger partial charge is 0.380 e. The fraction of sp³-hybridized carbons (Fsp3) is 0.316. The molecule has 0 saturated heterocycles. The predicted octanol–water partition coefficient (Wildman–Crippen LogP) is 4.83. The second-order valence-corrected chi connectivity index (χ2v) is 5.01. The minimum Gasteiger partial charge on any atom is -0.380 e. The van der Waals surface area contributed by atoms with Crippen molar-refractivity contribution >= 4 is 11.8 Å². The topological polar surface area (TPSA) is 21.6 Å². The molecule has 1 aromatic carbocycles. The number of rotatable bonds is 7. The Kier molecular flexibility index (Phi) is 7.41. The summed E-state index contributed by atoms with van der Waals surface area (Å²) >= 11 is 0. The Balaban J connectivity index is 2.99. The zero-order valence-electron chi connectivity index (χ0n) is 13.5. The van der Waals surface area contributed by atoms with E-state index in [1.165, 1.54) is 16.7 Å². The molecule has 2 nitrogen and oxygen atoms in total. The van der Waals surface area contributed by atoms with Gasteiger partial charge in [0.1, 0.15) is 0 Å². The van der Waals surface area contributed by atoms with Crippen LogP contribution in [0.1, 0.15) is 31.9 Å². The van der Waals surface area contributed by atoms with Crippen LogP contribution in [-0.4, -0.2) is 19.9 Å². The first-order valence-electron chi connectivity index (χ1n) is 7.21. The third kappa shape index (κ3) is 5.92. The zero-order chi connectivity index (χ0) is 15.7. The summed E-state index contributed by atoms with van der Waals surface area (Å²) in [6, 6.07) is 8.40. The van der Waals surface area contributed by atoms with Crippen molar-refractivity contribution < 1.29 is 4.74 Å². The van der Waals surface area contributed by atoms with Crippen molar-refractivity contribution in [2.45, 2.75) is 27.4 Å². The molecule has 0 aliphatic rings. The van der Waals surface area contributed by atoms with Crippen LogP contribution in [0.5, 0.6) is 0 Å². The monoisotopic (exact) mass is 283 g/mol. The van der Waals surface area contributed by atoms with Crippen LogP contribution in [0.3, 0.4) is 0 Å². The average Bonchev–Trinajstić information content (AvgIpc) is 2.47. The lowest BCUT2D eigenvalue weighted by Crippen LogP contribution is -1.89. The van der Waals surface area contributed by atoms with Gasteiger partial charge in [0.2, 0.25) is 0 Å². The van der Waals surface area contributed by atoms with Gasteiger partial charge in [-0.1, -0.05) is 36.9 Å². The maximum Gasteiger partial charge on any atom is 0.0713 e. The van der Waals surface area contributed by atoms with E-state index in [2.05, 4.69) is 54.9 Å². The number of benzene rings is 1. The number of methoxy groups -OCH3 is 1. The van der Waals surface area contributed by atoms with Gasteiger partial charge in [-0.05, 0) is 54.7 Å². The van der Waals surface area contributed by atoms with Crippen molar-refractivity contribution in [3.05, 3.63) is 65.3 Å². The molecule has 0 bridgehead atoms. The van der Waals surface area contributed by atoms with Gasteiger partial charge in [-0.3, -0.25) is 4.99 Å². The van der Waals surface area contributed by atoms with Crippen molar-refractivity contribution in [3.63, 3.8) is 0 Å². The standard InChI is InChI=1S/C19H25NO/c1-6-20-13-19(15(2)3)11-10-16(4)18-9-7-8-17(12-18)14-21-5/h7-13H,2,6,14H2,1,3-5H3/b16-10+,19-11-,20-13-. The van der Waals surface area contributed by atoms with Crippen LogP contribution >= 0.6 is 0 Å². The highest BCUT2D eigenvalue weighted by molar-refractivity contribution is 5.85. The highest BCUT2D eigenvalue weighted by Gasteiger charge is 1.98. The molecule has 0 unspecified atom stereocenters. The lowest BCUT2D eigenvalue weighted by Gasteiger charge is -2.05. The first kappa shape index (κ1) is 17.1. The van der Waals surface area contributed by atoms with E-state index in [-0.39, 0.29) is 0 Å². The highest BCUT2D eigenvalue weighted by Crippen LogP contribution is 2.17. The number of nitrogens with zero attached hydrogens (tertiary/aromatic N) is 1. The predicted molar refractivity (Wildman–Crippen MR) is 92.7 cm³/mol. The Labute approximate surface area is 128 Å². The highest BCUT2D eigenvalue weighted by atomic mass is 16.5. The molecular weight excluding hydrogens is 258 g/mol. The van der Waals surface area contributed by atoms with E-state index in [0.717, 1.165) is 17.7 Å². The Morgan fingerprint density at radius 3 is 2.67 bits per heavy atom. The molecule has 1 aromatic rings. The van der Waals surface area contributed by atoms with E-state index in [1.54, 1.807) is 7.11 Å². The van der Waals surface area contributed by atoms with Crippen LogP contribution in [0.2, 0.25) is 0 Å². The summed E-state index contributed by atoms with van der Waals surface area (Å²) in [5, 5.41) is 0. The van der Waals surface area contributed by atoms with Gasteiger partial charge in [-0.2, -0.15) is 0 Å². The molecule has 0 amide bonds. The number of hydrogen-bond acceptors (Lipinski definition) is 2. The molecule has 0 aliphatic heterocycles. The molecule has 0 aliphatic carbocycles. The van der Waals surface area contributed by atoms with Crippen molar-refractivity contribution in [2.75, 3.05) is 13.7 Å². The van der Waals surface area contributed by atoms with E-state index in [0.29, 0.717) is 6.61 Å². The molecule has 0 saturated carbocycles. The van der Waals surface area contributed by atoms with E-state index in [4.69, 9.17) is 4.74 Å². The smallest absolute Gasteiger partial charge is 0.0713 e. The van der Waals surface area contributed by atoms with Crippen LogP contribution in [0, 0.1) is 0 Å². The maximum absolute atomic E-state index is 5.18. The van der Waals surface area contributed by atoms with Crippen molar-refractivity contribution in [3.8, 4) is 0 Å². The summed E-state index contributed by atoms with van der Waals surface area (Å²) in [6.07, 6.45) is 6.06. The van der Waals surface area contributed by atoms with Gasteiger partial charge in [0.05, 0.1) is 6.61 Å². The number of aliphatic imine (C=N–C) groups is 1. The normalized spacial score (nSPS) is 13.0. The molecule has 0 heterocycles. The van der Waals surface area contributed by atoms with E-state index in [9.17, 15) is 0 Å². The van der Waals surface area contributed by atoms with Gasteiger partial charge in [0.15, 0.2) is 0 Å². The number of hydrogen-bond donors (Lipinski definition) is 0. The number of ether oxygens (including phenoxy) is 1. The van der Waals surface area contributed by atoms with Crippen LogP contribution in [-0.2, 0) is 11.3 Å². The molecule has 0 aromatic heterocycles. The minimum atomic E-state index is 0.636. The SMILES string of the molecule is C=C(C)C(/C=N\CC)=C\C=C(/C)c1cccc(COC)c1. The summed E-state index contributed by atoms with van der Waals surface area (Å²) < 4.78 is 5.18. The second kappa shape index (κ2) is 9.09. The van der Waals surface area contributed by atoms with E-state index < -0.39 is 0 Å². The van der Waals surface area contributed by atoms with Crippen molar-refractivity contribution in [2.24, 2.45) is 4.99 Å². The minimum absolute atomic E-state index is 0.636. The van der Waals surface area contributed by atoms with Gasteiger partial charge in [0.25, 0.3) is 0 Å². The lowest BCUT2D eigenvalue weighted by molar-refractivity contribution is 0.185. The zero-order valence-corrected chi connectivity index (χ0v) is 13.5. The number of allylic oxidation sites excluding steroid dienone is 5. The lowest BCUT2D eigenvalue weighted by atomic mass is 10.0. The first-order chi connectivity index (χ1) is 10.1. The van der Waals surface area contributed by atoms with Gasteiger partial charge in [-0.15, -0.1) is 0 Å². The maximum atomic E-state index is 5.18. The summed E-state index contributed by atoms with van der Waals surface area (Å²) in [5.41, 5.74) is 5.67. The average molecular weight is 283 g/mol. The fourth-order valence-corrected chi connectivity index (χ4v) is 1.87. The van der Waals surface area contributed by atoms with Crippen molar-refractivity contribution in [1.29, 1.82) is 0 Å². The Morgan fingerprint density at radius 2 is 2.05 bits per heavy atom. The summed E-state index contributed by atoms with van der Waals surface area (Å²) in [4.78, 5) is 4.28. The molecule has 0 N–H and O–H groups in total. The molecule has 2 heteroatoms. The fourth-order valence-electron chi connectivity index (χ4n) is 1.87. The van der Waals surface area contributed by atoms with Gasteiger partial charge in [-0.25, -0.2) is 0 Å². The first-order valence-corrected chi connectivity index (χ1v) is 7.21. The molecule has 21 heavy (non-hydrogen) atoms. The van der Waals surface area contributed by atoms with E-state index >= 15 is 0 Å². The van der Waals surface area contributed by atoms with E-state index in [1.807, 2.05) is 20.1 Å². The van der Waals surface area contributed by atoms with Crippen LogP contribution in [0.15, 0.2) is 59.1 Å². The molecule has 0 radical (unpaired) electrons. The second-order valence-electron chi connectivity index (χ2n) is 5.01. The van der Waals surface area contributed by atoms with Crippen LogP contribution in [0.4, 0.5) is 0 Å². The van der Waals surface area contributed by atoms with Crippen LogP contribution < -0.4 is 0 Å². The summed E-state index contributed by atoms with van der Waals surface area (Å²) in [5.74, 6) is 0. The van der Waals surface area contributed by atoms with Gasteiger partial charge < -0.3 is 4.74 Å². The molecule has 0 spiro atoms. The Morgan fingerprint density at radius 1 is 1.29 bits per heavy atom. The molecule has 0 atom stereocenters. The molecule has 112 valence electrons. The molecule has 1 rings (SSSR count). The third-order valence-electron chi connectivity index (χ3n) is 3.11. The Bertz CT molecular complexity index is 565. The van der Waals surface area contributed by atoms with Crippen LogP contribution in [0.25, 0.3) is 5.57 Å². The van der Waals surface area contributed by atoms with Gasteiger partial charge in [0, 0.05) is 19.9 Å². The Hall–Kier alpha value is -1.93. The summed E-state index contributed by atoms with van der Waals surface area (Å²) in [6.45, 7) is 11.5. The molecule has 0 fully saturated rings.